The summed E-state index contributed by atoms with van der Waals surface area (Å²) in [4.78, 5) is 18.5. The lowest BCUT2D eigenvalue weighted by Crippen LogP contribution is -2.30. The highest BCUT2D eigenvalue weighted by atomic mass is 16.5. The van der Waals surface area contributed by atoms with Gasteiger partial charge in [-0.15, -0.1) is 0 Å². The molecule has 0 unspecified atom stereocenters. The summed E-state index contributed by atoms with van der Waals surface area (Å²) in [6, 6.07) is 7.10. The number of nitrogens with zero attached hydrogens (tertiary/aromatic N) is 5. The van der Waals surface area contributed by atoms with Crippen LogP contribution in [0.2, 0.25) is 0 Å². The van der Waals surface area contributed by atoms with E-state index < -0.39 is 0 Å². The number of rotatable bonds is 5. The number of anilines is 1. The highest BCUT2D eigenvalue weighted by molar-refractivity contribution is 5.89. The SMILES string of the molecule is CCc1noc(-c2ccc(NC(=O)N3Cc4cnn(CCO)c4C3)cc2)n1. The third-order valence-corrected chi connectivity index (χ3v) is 4.50. The molecular weight excluding hydrogens is 348 g/mol. The lowest BCUT2D eigenvalue weighted by atomic mass is 10.2. The van der Waals surface area contributed by atoms with Crippen molar-refractivity contribution in [2.45, 2.75) is 33.0 Å². The molecule has 9 nitrogen and oxygen atoms in total. The van der Waals surface area contributed by atoms with Gasteiger partial charge in [0.15, 0.2) is 5.82 Å². The first-order chi connectivity index (χ1) is 13.2. The number of aromatic nitrogens is 4. The van der Waals surface area contributed by atoms with Crippen molar-refractivity contribution in [3.05, 3.63) is 47.5 Å². The molecule has 3 heterocycles. The van der Waals surface area contributed by atoms with Crippen LogP contribution in [0.4, 0.5) is 10.5 Å². The maximum Gasteiger partial charge on any atom is 0.322 e. The average molecular weight is 368 g/mol. The fourth-order valence-electron chi connectivity index (χ4n) is 3.05. The number of carbonyl (C=O) groups is 1. The standard InChI is InChI=1S/C18H20N6O3/c1-2-16-21-17(27-22-16)12-3-5-14(6-4-12)20-18(26)23-10-13-9-19-24(7-8-25)15(13)11-23/h3-6,9,25H,2,7-8,10-11H2,1H3,(H,20,26). The zero-order valence-corrected chi connectivity index (χ0v) is 14.9. The van der Waals surface area contributed by atoms with Crippen LogP contribution in [0.15, 0.2) is 35.0 Å². The van der Waals surface area contributed by atoms with Crippen molar-refractivity contribution in [2.24, 2.45) is 0 Å². The fourth-order valence-corrected chi connectivity index (χ4v) is 3.05. The second kappa shape index (κ2) is 7.20. The van der Waals surface area contributed by atoms with Crippen LogP contribution in [-0.2, 0) is 26.1 Å². The number of aliphatic hydroxyl groups is 1. The molecule has 2 N–H and O–H groups in total. The Morgan fingerprint density at radius 3 is 2.81 bits per heavy atom. The third kappa shape index (κ3) is 3.41. The zero-order chi connectivity index (χ0) is 18.8. The van der Waals surface area contributed by atoms with Crippen LogP contribution in [0.5, 0.6) is 0 Å². The molecule has 9 heteroatoms. The Morgan fingerprint density at radius 1 is 1.30 bits per heavy atom. The lowest BCUT2D eigenvalue weighted by Gasteiger charge is -2.17. The molecule has 3 aromatic rings. The Morgan fingerprint density at radius 2 is 2.11 bits per heavy atom. The second-order valence-electron chi connectivity index (χ2n) is 6.30. The molecule has 1 aromatic carbocycles. The van der Waals surface area contributed by atoms with Crippen LogP contribution in [0.3, 0.4) is 0 Å². The van der Waals surface area contributed by atoms with E-state index in [0.717, 1.165) is 16.8 Å². The van der Waals surface area contributed by atoms with Gasteiger partial charge in [0.2, 0.25) is 0 Å². The molecule has 2 aromatic heterocycles. The molecule has 0 fully saturated rings. The fraction of sp³-hybridized carbons (Fsp3) is 0.333. The number of urea groups is 1. The van der Waals surface area contributed by atoms with Crippen molar-refractivity contribution in [3.8, 4) is 11.5 Å². The molecule has 1 aliphatic heterocycles. The van der Waals surface area contributed by atoms with E-state index in [1.165, 1.54) is 0 Å². The Balaban J connectivity index is 1.40. The van der Waals surface area contributed by atoms with E-state index in [2.05, 4.69) is 20.6 Å². The maximum absolute atomic E-state index is 12.5. The quantitative estimate of drug-likeness (QED) is 0.713. The number of hydrogen-bond acceptors (Lipinski definition) is 6. The van der Waals surface area contributed by atoms with Gasteiger partial charge in [-0.2, -0.15) is 10.1 Å². The molecule has 140 valence electrons. The smallest absolute Gasteiger partial charge is 0.322 e. The first-order valence-electron chi connectivity index (χ1n) is 8.81. The van der Waals surface area contributed by atoms with Gasteiger partial charge in [-0.05, 0) is 24.3 Å². The Hall–Kier alpha value is -3.20. The van der Waals surface area contributed by atoms with Crippen molar-refractivity contribution in [1.82, 2.24) is 24.8 Å². The van der Waals surface area contributed by atoms with Crippen molar-refractivity contribution in [1.29, 1.82) is 0 Å². The van der Waals surface area contributed by atoms with E-state index in [1.54, 1.807) is 27.9 Å². The zero-order valence-electron chi connectivity index (χ0n) is 14.9. The highest BCUT2D eigenvalue weighted by Gasteiger charge is 2.27. The minimum absolute atomic E-state index is 0.0203. The summed E-state index contributed by atoms with van der Waals surface area (Å²) in [5, 5.41) is 20.1. The Bertz CT molecular complexity index is 946. The average Bonchev–Trinajstić information content (AvgIpc) is 3.39. The van der Waals surface area contributed by atoms with Crippen LogP contribution in [-0.4, -0.2) is 42.6 Å². The summed E-state index contributed by atoms with van der Waals surface area (Å²) in [5.41, 5.74) is 3.47. The van der Waals surface area contributed by atoms with Crippen molar-refractivity contribution >= 4 is 11.7 Å². The number of carbonyl (C=O) groups excluding carboxylic acids is 1. The summed E-state index contributed by atoms with van der Waals surface area (Å²) < 4.78 is 6.96. The van der Waals surface area contributed by atoms with Gasteiger partial charge in [0.25, 0.3) is 5.89 Å². The van der Waals surface area contributed by atoms with E-state index in [1.807, 2.05) is 19.1 Å². The molecule has 27 heavy (non-hydrogen) atoms. The van der Waals surface area contributed by atoms with Gasteiger partial charge in [-0.3, -0.25) is 4.68 Å². The first-order valence-corrected chi connectivity index (χ1v) is 8.81. The van der Waals surface area contributed by atoms with Crippen LogP contribution in [0, 0.1) is 0 Å². The molecule has 0 atom stereocenters. The van der Waals surface area contributed by atoms with Crippen molar-refractivity contribution < 1.29 is 14.4 Å². The molecule has 0 aliphatic carbocycles. The molecule has 0 saturated heterocycles. The minimum Gasteiger partial charge on any atom is -0.394 e. The molecule has 4 rings (SSSR count). The van der Waals surface area contributed by atoms with Crippen LogP contribution < -0.4 is 5.32 Å². The number of aryl methyl sites for hydroxylation is 1. The molecule has 1 aliphatic rings. The summed E-state index contributed by atoms with van der Waals surface area (Å²) in [6.07, 6.45) is 2.47. The maximum atomic E-state index is 12.5. The normalized spacial score (nSPS) is 13.0. The first kappa shape index (κ1) is 17.2. The minimum atomic E-state index is -0.180. The largest absolute Gasteiger partial charge is 0.394 e. The van der Waals surface area contributed by atoms with Gasteiger partial charge < -0.3 is 19.8 Å². The lowest BCUT2D eigenvalue weighted by molar-refractivity contribution is 0.210. The topological polar surface area (TPSA) is 109 Å². The van der Waals surface area contributed by atoms with Gasteiger partial charge in [0.1, 0.15) is 0 Å². The van der Waals surface area contributed by atoms with Crippen molar-refractivity contribution in [2.75, 3.05) is 11.9 Å². The summed E-state index contributed by atoms with van der Waals surface area (Å²) in [7, 11) is 0. The van der Waals surface area contributed by atoms with Gasteiger partial charge >= 0.3 is 6.03 Å². The third-order valence-electron chi connectivity index (χ3n) is 4.50. The Labute approximate surface area is 155 Å². The van der Waals surface area contributed by atoms with Gasteiger partial charge in [-0.1, -0.05) is 12.1 Å². The molecule has 0 radical (unpaired) electrons. The number of benzene rings is 1. The van der Waals surface area contributed by atoms with Crippen molar-refractivity contribution in [3.63, 3.8) is 0 Å². The van der Waals surface area contributed by atoms with E-state index in [9.17, 15) is 4.79 Å². The molecular formula is C18H20N6O3. The molecule has 0 spiro atoms. The van der Waals surface area contributed by atoms with E-state index >= 15 is 0 Å². The number of aliphatic hydroxyl groups excluding tert-OH is 1. The monoisotopic (exact) mass is 368 g/mol. The van der Waals surface area contributed by atoms with Crippen LogP contribution >= 0.6 is 0 Å². The van der Waals surface area contributed by atoms with Gasteiger partial charge in [0.05, 0.1) is 38.1 Å². The number of nitrogens with one attached hydrogen (secondary N) is 1. The molecule has 2 amide bonds. The van der Waals surface area contributed by atoms with E-state index in [0.29, 0.717) is 43.5 Å². The Kier molecular flexibility index (Phi) is 4.59. The van der Waals surface area contributed by atoms with Gasteiger partial charge in [0, 0.05) is 23.2 Å². The molecule has 0 bridgehead atoms. The number of amides is 2. The van der Waals surface area contributed by atoms with Gasteiger partial charge in [-0.25, -0.2) is 4.79 Å². The predicted octanol–water partition coefficient (Wildman–Crippen LogP) is 2.04. The number of hydrogen-bond donors (Lipinski definition) is 2. The summed E-state index contributed by atoms with van der Waals surface area (Å²) in [5.74, 6) is 1.13. The highest BCUT2D eigenvalue weighted by Crippen LogP contribution is 2.24. The predicted molar refractivity (Wildman–Crippen MR) is 96.7 cm³/mol. The second-order valence-corrected chi connectivity index (χ2v) is 6.30. The van der Waals surface area contributed by atoms with Crippen LogP contribution in [0.25, 0.3) is 11.5 Å². The van der Waals surface area contributed by atoms with E-state index in [4.69, 9.17) is 9.63 Å². The number of fused-ring (bicyclic) bond motifs is 1. The summed E-state index contributed by atoms with van der Waals surface area (Å²) >= 11 is 0. The van der Waals surface area contributed by atoms with E-state index in [-0.39, 0.29) is 12.6 Å². The molecule has 0 saturated carbocycles. The summed E-state index contributed by atoms with van der Waals surface area (Å²) in [6.45, 7) is 3.40. The van der Waals surface area contributed by atoms with Crippen LogP contribution in [0.1, 0.15) is 24.0 Å².